The van der Waals surface area contributed by atoms with E-state index in [1.807, 2.05) is 13.2 Å². The Morgan fingerprint density at radius 3 is 2.86 bits per heavy atom. The Balaban J connectivity index is 0.00000176. The van der Waals surface area contributed by atoms with Crippen molar-refractivity contribution in [2.45, 2.75) is 38.8 Å². The van der Waals surface area contributed by atoms with Gasteiger partial charge in [0.25, 0.3) is 0 Å². The van der Waals surface area contributed by atoms with Gasteiger partial charge in [-0.3, -0.25) is 4.99 Å². The topological polar surface area (TPSA) is 52.6 Å². The normalized spacial score (nSPS) is 22.5. The molecule has 1 aliphatic carbocycles. The van der Waals surface area contributed by atoms with Crippen molar-refractivity contribution in [2.24, 2.45) is 10.9 Å². The van der Waals surface area contributed by atoms with Gasteiger partial charge in [0, 0.05) is 37.3 Å². The molecule has 1 aliphatic heterocycles. The fourth-order valence-corrected chi connectivity index (χ4v) is 3.63. The van der Waals surface area contributed by atoms with Crippen molar-refractivity contribution in [2.75, 3.05) is 26.7 Å². The van der Waals surface area contributed by atoms with Gasteiger partial charge in [0.1, 0.15) is 5.01 Å². The minimum Gasteiger partial charge on any atom is -0.356 e. The van der Waals surface area contributed by atoms with Crippen LogP contribution in [0, 0.1) is 12.8 Å². The van der Waals surface area contributed by atoms with Crippen LogP contribution >= 0.6 is 35.3 Å². The number of thiazole rings is 1. The Morgan fingerprint density at radius 2 is 2.23 bits per heavy atom. The summed E-state index contributed by atoms with van der Waals surface area (Å²) < 4.78 is 0. The van der Waals surface area contributed by atoms with Crippen LogP contribution in [0.5, 0.6) is 0 Å². The summed E-state index contributed by atoms with van der Waals surface area (Å²) in [5, 5.41) is 7.91. The Bertz CT molecular complexity index is 500. The van der Waals surface area contributed by atoms with Crippen LogP contribution in [0.3, 0.4) is 0 Å². The second kappa shape index (κ2) is 8.44. The number of rotatable bonds is 5. The van der Waals surface area contributed by atoms with Crippen LogP contribution < -0.4 is 10.6 Å². The molecule has 0 amide bonds. The molecule has 2 fully saturated rings. The number of halogens is 1. The van der Waals surface area contributed by atoms with E-state index in [1.165, 1.54) is 37.2 Å². The van der Waals surface area contributed by atoms with Crippen molar-refractivity contribution in [1.82, 2.24) is 20.5 Å². The first-order valence-corrected chi connectivity index (χ1v) is 8.66. The van der Waals surface area contributed by atoms with Gasteiger partial charge < -0.3 is 15.5 Å². The zero-order valence-electron chi connectivity index (χ0n) is 13.3. The van der Waals surface area contributed by atoms with E-state index >= 15 is 0 Å². The van der Waals surface area contributed by atoms with Crippen LogP contribution in [0.2, 0.25) is 0 Å². The number of aromatic nitrogens is 1. The monoisotopic (exact) mass is 435 g/mol. The van der Waals surface area contributed by atoms with Gasteiger partial charge in [-0.2, -0.15) is 0 Å². The predicted molar refractivity (Wildman–Crippen MR) is 103 cm³/mol. The summed E-state index contributed by atoms with van der Waals surface area (Å²) in [6.45, 7) is 6.37. The number of nitrogens with one attached hydrogen (secondary N) is 2. The lowest BCUT2D eigenvalue weighted by atomic mass is 10.1. The van der Waals surface area contributed by atoms with E-state index in [1.54, 1.807) is 11.3 Å². The molecule has 1 aromatic rings. The van der Waals surface area contributed by atoms with E-state index in [2.05, 4.69) is 32.4 Å². The Morgan fingerprint density at radius 1 is 1.41 bits per heavy atom. The first kappa shape index (κ1) is 17.9. The van der Waals surface area contributed by atoms with Crippen molar-refractivity contribution in [3.05, 3.63) is 16.1 Å². The first-order chi connectivity index (χ1) is 10.2. The van der Waals surface area contributed by atoms with Gasteiger partial charge in [-0.1, -0.05) is 0 Å². The second-order valence-electron chi connectivity index (χ2n) is 6.05. The van der Waals surface area contributed by atoms with Gasteiger partial charge in [-0.15, -0.1) is 35.3 Å². The zero-order valence-corrected chi connectivity index (χ0v) is 16.5. The molecule has 0 radical (unpaired) electrons. The molecule has 0 aromatic carbocycles. The molecule has 7 heteroatoms. The van der Waals surface area contributed by atoms with Crippen molar-refractivity contribution < 1.29 is 0 Å². The van der Waals surface area contributed by atoms with Crippen LogP contribution in [-0.4, -0.2) is 48.6 Å². The summed E-state index contributed by atoms with van der Waals surface area (Å²) in [7, 11) is 1.83. The van der Waals surface area contributed by atoms with Crippen LogP contribution in [0.4, 0.5) is 0 Å². The minimum atomic E-state index is 0. The van der Waals surface area contributed by atoms with E-state index < -0.39 is 0 Å². The van der Waals surface area contributed by atoms with E-state index in [-0.39, 0.29) is 24.0 Å². The number of aliphatic imine (C=N–C) groups is 1. The highest BCUT2D eigenvalue weighted by molar-refractivity contribution is 14.0. The highest BCUT2D eigenvalue weighted by atomic mass is 127. The van der Waals surface area contributed by atoms with E-state index in [9.17, 15) is 0 Å². The van der Waals surface area contributed by atoms with Gasteiger partial charge in [-0.25, -0.2) is 4.98 Å². The lowest BCUT2D eigenvalue weighted by Crippen LogP contribution is -2.40. The van der Waals surface area contributed by atoms with Crippen LogP contribution in [0.15, 0.2) is 11.2 Å². The van der Waals surface area contributed by atoms with Crippen molar-refractivity contribution in [3.8, 4) is 0 Å². The average molecular weight is 435 g/mol. The fourth-order valence-electron chi connectivity index (χ4n) is 2.90. The van der Waals surface area contributed by atoms with Gasteiger partial charge >= 0.3 is 0 Å². The molecule has 0 spiro atoms. The number of nitrogens with zero attached hydrogens (tertiary/aromatic N) is 3. The molecule has 1 unspecified atom stereocenters. The maximum absolute atomic E-state index is 4.36. The summed E-state index contributed by atoms with van der Waals surface area (Å²) in [6, 6.07) is 0.903. The van der Waals surface area contributed by atoms with Crippen molar-refractivity contribution in [1.29, 1.82) is 0 Å². The molecular formula is C15H26IN5S. The number of aryl methyl sites for hydroxylation is 1. The van der Waals surface area contributed by atoms with Gasteiger partial charge in [0.15, 0.2) is 5.96 Å². The average Bonchev–Trinajstić information content (AvgIpc) is 3.09. The Hall–Kier alpha value is -0.410. The van der Waals surface area contributed by atoms with E-state index in [0.29, 0.717) is 0 Å². The maximum Gasteiger partial charge on any atom is 0.191 e. The van der Waals surface area contributed by atoms with Crippen LogP contribution in [0.1, 0.15) is 29.1 Å². The quantitative estimate of drug-likeness (QED) is 0.423. The Labute approximate surface area is 154 Å². The summed E-state index contributed by atoms with van der Waals surface area (Å²) in [6.07, 6.45) is 6.06. The molecule has 1 saturated heterocycles. The summed E-state index contributed by atoms with van der Waals surface area (Å²) >= 11 is 1.73. The van der Waals surface area contributed by atoms with E-state index in [4.69, 9.17) is 0 Å². The van der Waals surface area contributed by atoms with Crippen molar-refractivity contribution >= 4 is 41.3 Å². The summed E-state index contributed by atoms with van der Waals surface area (Å²) in [5.41, 5.74) is 0. The lowest BCUT2D eigenvalue weighted by Gasteiger charge is -2.16. The molecule has 1 aromatic heterocycles. The SMILES string of the molecule is CN=C(NCc1ncc(C)s1)NCC1CCN(C2CC2)C1.I. The highest BCUT2D eigenvalue weighted by Crippen LogP contribution is 2.31. The molecule has 22 heavy (non-hydrogen) atoms. The van der Waals surface area contributed by atoms with Gasteiger partial charge in [-0.05, 0) is 38.6 Å². The number of hydrogen-bond donors (Lipinski definition) is 2. The van der Waals surface area contributed by atoms with Crippen molar-refractivity contribution in [3.63, 3.8) is 0 Å². The third-order valence-corrected chi connectivity index (χ3v) is 5.15. The molecule has 3 rings (SSSR count). The van der Waals surface area contributed by atoms with E-state index in [0.717, 1.165) is 36.0 Å². The molecule has 2 heterocycles. The third kappa shape index (κ3) is 5.06. The molecule has 2 aliphatic rings. The van der Waals surface area contributed by atoms with Crippen LogP contribution in [0.25, 0.3) is 0 Å². The first-order valence-electron chi connectivity index (χ1n) is 7.84. The largest absolute Gasteiger partial charge is 0.356 e. The molecular weight excluding hydrogens is 409 g/mol. The van der Waals surface area contributed by atoms with Crippen LogP contribution in [-0.2, 0) is 6.54 Å². The van der Waals surface area contributed by atoms with Gasteiger partial charge in [0.2, 0.25) is 0 Å². The second-order valence-corrected chi connectivity index (χ2v) is 7.37. The number of likely N-dealkylation sites (tertiary alicyclic amines) is 1. The van der Waals surface area contributed by atoms with Gasteiger partial charge in [0.05, 0.1) is 6.54 Å². The third-order valence-electron chi connectivity index (χ3n) is 4.24. The predicted octanol–water partition coefficient (Wildman–Crippen LogP) is 2.22. The highest BCUT2D eigenvalue weighted by Gasteiger charge is 2.34. The smallest absolute Gasteiger partial charge is 0.191 e. The molecule has 124 valence electrons. The molecule has 0 bridgehead atoms. The maximum atomic E-state index is 4.36. The molecule has 1 saturated carbocycles. The lowest BCUT2D eigenvalue weighted by molar-refractivity contribution is 0.314. The summed E-state index contributed by atoms with van der Waals surface area (Å²) in [5.74, 6) is 1.64. The molecule has 2 N–H and O–H groups in total. The fraction of sp³-hybridized carbons (Fsp3) is 0.733. The summed E-state index contributed by atoms with van der Waals surface area (Å²) in [4.78, 5) is 12.6. The minimum absolute atomic E-state index is 0. The standard InChI is InChI=1S/C15H25N5S.HI/c1-11-7-17-14(21-11)9-19-15(16-2)18-8-12-5-6-20(10-12)13-3-4-13;/h7,12-13H,3-6,8-10H2,1-2H3,(H2,16,18,19);1H. The molecule has 1 atom stereocenters. The molecule has 5 nitrogen and oxygen atoms in total. The number of hydrogen-bond acceptors (Lipinski definition) is 4. The Kier molecular flexibility index (Phi) is 6.88. The zero-order chi connectivity index (χ0) is 14.7. The number of guanidine groups is 1.